The van der Waals surface area contributed by atoms with Crippen LogP contribution in [0.1, 0.15) is 33.9 Å². The van der Waals surface area contributed by atoms with Crippen LogP contribution in [0.2, 0.25) is 0 Å². The van der Waals surface area contributed by atoms with Crippen molar-refractivity contribution >= 4 is 17.7 Å². The molecule has 2 rings (SSSR count). The first-order chi connectivity index (χ1) is 9.99. The van der Waals surface area contributed by atoms with E-state index in [1.54, 1.807) is 13.8 Å². The molecule has 1 amide bonds. The molecule has 0 fully saturated rings. The number of anilines is 1. The number of nitrogens with zero attached hydrogens (tertiary/aromatic N) is 3. The molecule has 110 valence electrons. The summed E-state index contributed by atoms with van der Waals surface area (Å²) in [6.45, 7) is 3.58. The van der Waals surface area contributed by atoms with E-state index in [4.69, 9.17) is 9.63 Å². The van der Waals surface area contributed by atoms with Gasteiger partial charge >= 0.3 is 5.97 Å². The number of carbonyl (C=O) groups is 2. The molecule has 0 radical (unpaired) electrons. The standard InChI is InChI=1S/C13H14N4O4/c1-7-9(8(2)21-17-7)3-4-10(18)16-12-11(13(19)20)14-5-6-15-12/h5-6H,3-4H2,1-2H3,(H,19,20)(H,15,16,18). The smallest absolute Gasteiger partial charge is 0.358 e. The van der Waals surface area contributed by atoms with Crippen LogP contribution < -0.4 is 5.32 Å². The number of aromatic carboxylic acids is 1. The summed E-state index contributed by atoms with van der Waals surface area (Å²) in [7, 11) is 0. The molecule has 0 bridgehead atoms. The Labute approximate surface area is 120 Å². The maximum Gasteiger partial charge on any atom is 0.358 e. The molecule has 2 N–H and O–H groups in total. The third kappa shape index (κ3) is 3.41. The third-order valence-electron chi connectivity index (χ3n) is 2.94. The van der Waals surface area contributed by atoms with Gasteiger partial charge in [-0.05, 0) is 20.3 Å². The van der Waals surface area contributed by atoms with Crippen LogP contribution in [-0.4, -0.2) is 32.1 Å². The molecule has 2 heterocycles. The summed E-state index contributed by atoms with van der Waals surface area (Å²) in [6.07, 6.45) is 3.19. The fourth-order valence-electron chi connectivity index (χ4n) is 1.88. The van der Waals surface area contributed by atoms with E-state index < -0.39 is 5.97 Å². The summed E-state index contributed by atoms with van der Waals surface area (Å²) in [4.78, 5) is 30.3. The van der Waals surface area contributed by atoms with E-state index in [2.05, 4.69) is 20.4 Å². The Morgan fingerprint density at radius 2 is 2.00 bits per heavy atom. The molecule has 21 heavy (non-hydrogen) atoms. The second-order valence-electron chi connectivity index (χ2n) is 4.41. The van der Waals surface area contributed by atoms with Gasteiger partial charge in [-0.25, -0.2) is 14.8 Å². The first-order valence-electron chi connectivity index (χ1n) is 6.25. The van der Waals surface area contributed by atoms with Crippen molar-refractivity contribution < 1.29 is 19.2 Å². The monoisotopic (exact) mass is 290 g/mol. The highest BCUT2D eigenvalue weighted by atomic mass is 16.5. The molecule has 0 aliphatic heterocycles. The molecule has 0 spiro atoms. The summed E-state index contributed by atoms with van der Waals surface area (Å²) < 4.78 is 5.01. The lowest BCUT2D eigenvalue weighted by molar-refractivity contribution is -0.116. The van der Waals surface area contributed by atoms with E-state index in [1.807, 2.05) is 0 Å². The summed E-state index contributed by atoms with van der Waals surface area (Å²) in [5, 5.41) is 15.2. The van der Waals surface area contributed by atoms with Gasteiger partial charge in [0.1, 0.15) is 5.76 Å². The molecule has 0 unspecified atom stereocenters. The summed E-state index contributed by atoms with van der Waals surface area (Å²) in [5.74, 6) is -0.984. The highest BCUT2D eigenvalue weighted by Gasteiger charge is 2.16. The summed E-state index contributed by atoms with van der Waals surface area (Å²) in [6, 6.07) is 0. The van der Waals surface area contributed by atoms with Crippen LogP contribution in [0.15, 0.2) is 16.9 Å². The zero-order chi connectivity index (χ0) is 15.4. The van der Waals surface area contributed by atoms with Crippen LogP contribution >= 0.6 is 0 Å². The first kappa shape index (κ1) is 14.6. The van der Waals surface area contributed by atoms with Gasteiger partial charge in [-0.2, -0.15) is 0 Å². The quantitative estimate of drug-likeness (QED) is 0.853. The van der Waals surface area contributed by atoms with Crippen LogP contribution in [0.3, 0.4) is 0 Å². The van der Waals surface area contributed by atoms with Gasteiger partial charge in [-0.15, -0.1) is 0 Å². The predicted molar refractivity (Wildman–Crippen MR) is 71.9 cm³/mol. The van der Waals surface area contributed by atoms with E-state index >= 15 is 0 Å². The SMILES string of the molecule is Cc1noc(C)c1CCC(=O)Nc1nccnc1C(=O)O. The van der Waals surface area contributed by atoms with Gasteiger partial charge in [0, 0.05) is 24.4 Å². The summed E-state index contributed by atoms with van der Waals surface area (Å²) in [5.41, 5.74) is 1.33. The maximum absolute atomic E-state index is 11.9. The lowest BCUT2D eigenvalue weighted by atomic mass is 10.1. The summed E-state index contributed by atoms with van der Waals surface area (Å²) >= 11 is 0. The van der Waals surface area contributed by atoms with Crippen LogP contribution in [0.5, 0.6) is 0 Å². The predicted octanol–water partition coefficient (Wildman–Crippen LogP) is 1.35. The Hall–Kier alpha value is -2.77. The van der Waals surface area contributed by atoms with E-state index in [0.717, 1.165) is 11.3 Å². The van der Waals surface area contributed by atoms with Crippen molar-refractivity contribution in [3.8, 4) is 0 Å². The molecule has 0 saturated heterocycles. The number of rotatable bonds is 5. The number of nitrogens with one attached hydrogen (secondary N) is 1. The Balaban J connectivity index is 2.01. The zero-order valence-electron chi connectivity index (χ0n) is 11.6. The maximum atomic E-state index is 11.9. The topological polar surface area (TPSA) is 118 Å². The van der Waals surface area contributed by atoms with Crippen LogP contribution in [0.4, 0.5) is 5.82 Å². The molecule has 2 aromatic heterocycles. The number of carboxylic acid groups (broad SMARTS) is 1. The number of aryl methyl sites for hydroxylation is 2. The van der Waals surface area contributed by atoms with Gasteiger partial charge in [0.2, 0.25) is 5.91 Å². The van der Waals surface area contributed by atoms with Crippen molar-refractivity contribution in [3.63, 3.8) is 0 Å². The van der Waals surface area contributed by atoms with Crippen molar-refractivity contribution in [2.75, 3.05) is 5.32 Å². The zero-order valence-corrected chi connectivity index (χ0v) is 11.6. The highest BCUT2D eigenvalue weighted by Crippen LogP contribution is 2.15. The van der Waals surface area contributed by atoms with Crippen molar-refractivity contribution in [1.82, 2.24) is 15.1 Å². The fourth-order valence-corrected chi connectivity index (χ4v) is 1.88. The molecule has 0 aliphatic carbocycles. The molecule has 8 heteroatoms. The van der Waals surface area contributed by atoms with E-state index in [1.165, 1.54) is 12.4 Å². The molecule has 0 saturated carbocycles. The van der Waals surface area contributed by atoms with Crippen LogP contribution in [-0.2, 0) is 11.2 Å². The molecular weight excluding hydrogens is 276 g/mol. The van der Waals surface area contributed by atoms with E-state index in [9.17, 15) is 9.59 Å². The number of hydrogen-bond donors (Lipinski definition) is 2. The Kier molecular flexibility index (Phi) is 4.27. The Morgan fingerprint density at radius 1 is 1.29 bits per heavy atom. The Morgan fingerprint density at radius 3 is 2.62 bits per heavy atom. The lowest BCUT2D eigenvalue weighted by Crippen LogP contribution is -2.17. The minimum absolute atomic E-state index is 0.0613. The van der Waals surface area contributed by atoms with E-state index in [-0.39, 0.29) is 23.8 Å². The van der Waals surface area contributed by atoms with Crippen molar-refractivity contribution in [3.05, 3.63) is 35.1 Å². The molecule has 0 aromatic carbocycles. The van der Waals surface area contributed by atoms with Gasteiger partial charge in [0.15, 0.2) is 11.5 Å². The molecule has 0 aliphatic rings. The van der Waals surface area contributed by atoms with Crippen molar-refractivity contribution in [2.24, 2.45) is 0 Å². The van der Waals surface area contributed by atoms with Gasteiger partial charge < -0.3 is 14.9 Å². The number of carboxylic acids is 1. The fraction of sp³-hybridized carbons (Fsp3) is 0.308. The molecule has 8 nitrogen and oxygen atoms in total. The minimum Gasteiger partial charge on any atom is -0.476 e. The number of aromatic nitrogens is 3. The van der Waals surface area contributed by atoms with E-state index in [0.29, 0.717) is 12.2 Å². The molecular formula is C13H14N4O4. The van der Waals surface area contributed by atoms with Gasteiger partial charge in [-0.3, -0.25) is 4.79 Å². The third-order valence-corrected chi connectivity index (χ3v) is 2.94. The normalized spacial score (nSPS) is 10.4. The Bertz CT molecular complexity index is 661. The lowest BCUT2D eigenvalue weighted by Gasteiger charge is -2.06. The molecule has 2 aromatic rings. The molecule has 0 atom stereocenters. The van der Waals surface area contributed by atoms with Crippen LogP contribution in [0, 0.1) is 13.8 Å². The van der Waals surface area contributed by atoms with Crippen molar-refractivity contribution in [2.45, 2.75) is 26.7 Å². The van der Waals surface area contributed by atoms with Gasteiger partial charge in [0.05, 0.1) is 5.69 Å². The first-order valence-corrected chi connectivity index (χ1v) is 6.25. The van der Waals surface area contributed by atoms with Gasteiger partial charge in [-0.1, -0.05) is 5.16 Å². The largest absolute Gasteiger partial charge is 0.476 e. The number of amides is 1. The highest BCUT2D eigenvalue weighted by molar-refractivity contribution is 5.97. The second-order valence-corrected chi connectivity index (χ2v) is 4.41. The van der Waals surface area contributed by atoms with Crippen molar-refractivity contribution in [1.29, 1.82) is 0 Å². The number of hydrogen-bond acceptors (Lipinski definition) is 6. The average Bonchev–Trinajstić information content (AvgIpc) is 2.76. The number of carbonyl (C=O) groups excluding carboxylic acids is 1. The van der Waals surface area contributed by atoms with Gasteiger partial charge in [0.25, 0.3) is 0 Å². The van der Waals surface area contributed by atoms with Crippen LogP contribution in [0.25, 0.3) is 0 Å². The second kappa shape index (κ2) is 6.12. The minimum atomic E-state index is -1.25. The average molecular weight is 290 g/mol.